The van der Waals surface area contributed by atoms with Crippen molar-refractivity contribution in [2.24, 2.45) is 0 Å². The third kappa shape index (κ3) is 4.34. The molecular weight excluding hydrogens is 304 g/mol. The zero-order valence-electron chi connectivity index (χ0n) is 14.8. The van der Waals surface area contributed by atoms with Crippen molar-refractivity contribution < 1.29 is 9.59 Å². The van der Waals surface area contributed by atoms with Gasteiger partial charge in [-0.15, -0.1) is 0 Å². The maximum Gasteiger partial charge on any atom is 0.288 e. The van der Waals surface area contributed by atoms with Crippen molar-refractivity contribution in [3.8, 4) is 0 Å². The molecule has 0 fully saturated rings. The number of imidazole rings is 1. The second kappa shape index (κ2) is 7.47. The third-order valence-corrected chi connectivity index (χ3v) is 3.52. The summed E-state index contributed by atoms with van der Waals surface area (Å²) in [7, 11) is 0. The molecule has 6 nitrogen and oxygen atoms in total. The van der Waals surface area contributed by atoms with Gasteiger partial charge in [-0.25, -0.2) is 4.98 Å². The molecular formula is C18H26N4O2. The topological polar surface area (TPSA) is 75.5 Å². The number of amides is 2. The van der Waals surface area contributed by atoms with Gasteiger partial charge < -0.3 is 10.6 Å². The molecule has 0 aromatic carbocycles. The number of nitrogens with one attached hydrogen (secondary N) is 2. The van der Waals surface area contributed by atoms with Gasteiger partial charge in [0.1, 0.15) is 0 Å². The SMILES string of the molecule is CCCCCNC(=O)c1nc(C(=O)NC(C)(C)C)n2ccccc12. The summed E-state index contributed by atoms with van der Waals surface area (Å²) in [5.41, 5.74) is 0.538. The van der Waals surface area contributed by atoms with E-state index >= 15 is 0 Å². The van der Waals surface area contributed by atoms with Gasteiger partial charge in [-0.3, -0.25) is 14.0 Å². The molecule has 0 bridgehead atoms. The van der Waals surface area contributed by atoms with Gasteiger partial charge in [0.15, 0.2) is 5.69 Å². The van der Waals surface area contributed by atoms with Crippen molar-refractivity contribution in [1.82, 2.24) is 20.0 Å². The van der Waals surface area contributed by atoms with Crippen LogP contribution < -0.4 is 10.6 Å². The Labute approximate surface area is 142 Å². The highest BCUT2D eigenvalue weighted by Gasteiger charge is 2.23. The summed E-state index contributed by atoms with van der Waals surface area (Å²) < 4.78 is 1.65. The monoisotopic (exact) mass is 330 g/mol. The number of nitrogens with zero attached hydrogens (tertiary/aromatic N) is 2. The van der Waals surface area contributed by atoms with Crippen molar-refractivity contribution in [1.29, 1.82) is 0 Å². The number of fused-ring (bicyclic) bond motifs is 1. The molecule has 0 atom stereocenters. The van der Waals surface area contributed by atoms with Gasteiger partial charge in [0.05, 0.1) is 5.52 Å². The smallest absolute Gasteiger partial charge is 0.288 e. The number of carbonyl (C=O) groups is 2. The van der Waals surface area contributed by atoms with Crippen molar-refractivity contribution in [2.75, 3.05) is 6.54 Å². The standard InChI is InChI=1S/C18H26N4O2/c1-5-6-8-11-19-16(23)14-13-10-7-9-12-22(13)15(20-14)17(24)21-18(2,3)4/h7,9-10,12H,5-6,8,11H2,1-4H3,(H,19,23)(H,21,24). The Bertz CT molecular complexity index is 728. The lowest BCUT2D eigenvalue weighted by atomic mass is 10.1. The maximum atomic E-state index is 12.5. The molecule has 2 N–H and O–H groups in total. The second-order valence-corrected chi connectivity index (χ2v) is 6.91. The normalized spacial score (nSPS) is 11.5. The summed E-state index contributed by atoms with van der Waals surface area (Å²) in [5, 5.41) is 5.77. The lowest BCUT2D eigenvalue weighted by Gasteiger charge is -2.19. The average molecular weight is 330 g/mol. The molecule has 0 aliphatic carbocycles. The minimum Gasteiger partial charge on any atom is -0.351 e. The number of pyridine rings is 1. The van der Waals surface area contributed by atoms with Gasteiger partial charge in [0.25, 0.3) is 11.8 Å². The van der Waals surface area contributed by atoms with E-state index < -0.39 is 0 Å². The molecule has 6 heteroatoms. The van der Waals surface area contributed by atoms with E-state index in [4.69, 9.17) is 0 Å². The number of hydrogen-bond acceptors (Lipinski definition) is 3. The molecule has 0 spiro atoms. The first kappa shape index (κ1) is 18.0. The molecule has 0 unspecified atom stereocenters. The fourth-order valence-electron chi connectivity index (χ4n) is 2.42. The van der Waals surface area contributed by atoms with E-state index in [2.05, 4.69) is 22.5 Å². The Hall–Kier alpha value is -2.37. The molecule has 0 radical (unpaired) electrons. The molecule has 2 aromatic heterocycles. The van der Waals surface area contributed by atoms with E-state index in [-0.39, 0.29) is 28.9 Å². The van der Waals surface area contributed by atoms with Crippen LogP contribution in [0.25, 0.3) is 5.52 Å². The van der Waals surface area contributed by atoms with E-state index in [1.807, 2.05) is 32.9 Å². The predicted octanol–water partition coefficient (Wildman–Crippen LogP) is 2.78. The molecule has 130 valence electrons. The lowest BCUT2D eigenvalue weighted by Crippen LogP contribution is -2.41. The highest BCUT2D eigenvalue weighted by molar-refractivity contribution is 6.02. The van der Waals surface area contributed by atoms with Crippen LogP contribution in [-0.4, -0.2) is 33.3 Å². The number of unbranched alkanes of at least 4 members (excludes halogenated alkanes) is 2. The largest absolute Gasteiger partial charge is 0.351 e. The first-order valence-electron chi connectivity index (χ1n) is 8.41. The van der Waals surface area contributed by atoms with Gasteiger partial charge in [-0.1, -0.05) is 25.8 Å². The van der Waals surface area contributed by atoms with E-state index in [0.29, 0.717) is 12.1 Å². The number of carbonyl (C=O) groups excluding carboxylic acids is 2. The molecule has 24 heavy (non-hydrogen) atoms. The summed E-state index contributed by atoms with van der Waals surface area (Å²) in [6.07, 6.45) is 4.85. The van der Waals surface area contributed by atoms with Gasteiger partial charge in [-0.2, -0.15) is 0 Å². The van der Waals surface area contributed by atoms with E-state index in [0.717, 1.165) is 19.3 Å². The number of hydrogen-bond donors (Lipinski definition) is 2. The minimum atomic E-state index is -0.375. The van der Waals surface area contributed by atoms with E-state index in [1.165, 1.54) is 0 Å². The van der Waals surface area contributed by atoms with Gasteiger partial charge >= 0.3 is 0 Å². The van der Waals surface area contributed by atoms with Crippen LogP contribution in [0.5, 0.6) is 0 Å². The van der Waals surface area contributed by atoms with Crippen molar-refractivity contribution >= 4 is 17.3 Å². The fourth-order valence-corrected chi connectivity index (χ4v) is 2.42. The minimum absolute atomic E-state index is 0.222. The van der Waals surface area contributed by atoms with Crippen molar-refractivity contribution in [3.05, 3.63) is 35.9 Å². The summed E-state index contributed by atoms with van der Waals surface area (Å²) in [6, 6.07) is 5.43. The van der Waals surface area contributed by atoms with Crippen LogP contribution in [0.1, 0.15) is 68.1 Å². The Balaban J connectivity index is 2.28. The predicted molar refractivity (Wildman–Crippen MR) is 94.3 cm³/mol. The average Bonchev–Trinajstić information content (AvgIpc) is 2.89. The lowest BCUT2D eigenvalue weighted by molar-refractivity contribution is 0.0908. The quantitative estimate of drug-likeness (QED) is 0.800. The zero-order chi connectivity index (χ0) is 17.7. The first-order chi connectivity index (χ1) is 11.3. The number of aromatic nitrogens is 2. The Morgan fingerprint density at radius 2 is 1.92 bits per heavy atom. The Morgan fingerprint density at radius 3 is 2.58 bits per heavy atom. The molecule has 0 aliphatic rings. The van der Waals surface area contributed by atoms with Crippen LogP contribution in [0.4, 0.5) is 0 Å². The molecule has 0 saturated carbocycles. The molecule has 0 saturated heterocycles. The van der Waals surface area contributed by atoms with E-state index in [1.54, 1.807) is 16.7 Å². The van der Waals surface area contributed by atoms with Crippen LogP contribution >= 0.6 is 0 Å². The highest BCUT2D eigenvalue weighted by Crippen LogP contribution is 2.14. The summed E-state index contributed by atoms with van der Waals surface area (Å²) in [5.74, 6) is -0.322. The Kier molecular flexibility index (Phi) is 5.59. The highest BCUT2D eigenvalue weighted by atomic mass is 16.2. The fraction of sp³-hybridized carbons (Fsp3) is 0.500. The van der Waals surface area contributed by atoms with Crippen LogP contribution in [0.3, 0.4) is 0 Å². The van der Waals surface area contributed by atoms with Gasteiger partial charge in [0, 0.05) is 18.3 Å². The third-order valence-electron chi connectivity index (χ3n) is 3.52. The summed E-state index contributed by atoms with van der Waals surface area (Å²) >= 11 is 0. The maximum absolute atomic E-state index is 12.5. The van der Waals surface area contributed by atoms with Crippen LogP contribution in [-0.2, 0) is 0 Å². The molecule has 2 rings (SSSR count). The van der Waals surface area contributed by atoms with Crippen LogP contribution in [0.2, 0.25) is 0 Å². The van der Waals surface area contributed by atoms with Crippen molar-refractivity contribution in [3.63, 3.8) is 0 Å². The summed E-state index contributed by atoms with van der Waals surface area (Å²) in [4.78, 5) is 29.2. The van der Waals surface area contributed by atoms with E-state index in [9.17, 15) is 9.59 Å². The molecule has 2 aromatic rings. The van der Waals surface area contributed by atoms with Crippen molar-refractivity contribution in [2.45, 2.75) is 52.5 Å². The molecule has 2 amide bonds. The molecule has 0 aliphatic heterocycles. The molecule has 2 heterocycles. The zero-order valence-corrected chi connectivity index (χ0v) is 14.8. The van der Waals surface area contributed by atoms with Gasteiger partial charge in [-0.05, 0) is 39.3 Å². The van der Waals surface area contributed by atoms with Crippen LogP contribution in [0.15, 0.2) is 24.4 Å². The Morgan fingerprint density at radius 1 is 1.17 bits per heavy atom. The first-order valence-corrected chi connectivity index (χ1v) is 8.41. The van der Waals surface area contributed by atoms with Crippen LogP contribution in [0, 0.1) is 0 Å². The number of rotatable bonds is 6. The second-order valence-electron chi connectivity index (χ2n) is 6.91. The summed E-state index contributed by atoms with van der Waals surface area (Å²) in [6.45, 7) is 8.44. The van der Waals surface area contributed by atoms with Gasteiger partial charge in [0.2, 0.25) is 5.82 Å².